The van der Waals surface area contributed by atoms with Gasteiger partial charge in [0, 0.05) is 42.3 Å². The SMILES string of the molecule is C=Cc1cc(C(=O)NCCCNCc2cccc(OC)c2)cc(C(=O)N(C)Cc2nc(C)cs2)c1. The Bertz CT molecular complexity index is 1170. The van der Waals surface area contributed by atoms with Crippen molar-refractivity contribution in [2.75, 3.05) is 27.2 Å². The first-order chi connectivity index (χ1) is 16.9. The van der Waals surface area contributed by atoms with Gasteiger partial charge in [-0.05, 0) is 61.3 Å². The first kappa shape index (κ1) is 26.1. The first-order valence-electron chi connectivity index (χ1n) is 11.5. The number of carbonyl (C=O) groups excluding carboxylic acids is 2. The number of ether oxygens (including phenoxy) is 1. The fraction of sp³-hybridized carbons (Fsp3) is 0.296. The van der Waals surface area contributed by atoms with Crippen molar-refractivity contribution in [3.05, 3.63) is 87.4 Å². The highest BCUT2D eigenvalue weighted by molar-refractivity contribution is 7.09. The van der Waals surface area contributed by atoms with E-state index < -0.39 is 0 Å². The Labute approximate surface area is 210 Å². The average Bonchev–Trinajstić information content (AvgIpc) is 3.29. The molecule has 0 aliphatic heterocycles. The van der Waals surface area contributed by atoms with Crippen LogP contribution in [0.3, 0.4) is 0 Å². The minimum absolute atomic E-state index is 0.169. The molecule has 184 valence electrons. The predicted octanol–water partition coefficient (Wildman–Crippen LogP) is 4.29. The molecule has 0 aliphatic rings. The van der Waals surface area contributed by atoms with Crippen molar-refractivity contribution in [3.63, 3.8) is 0 Å². The van der Waals surface area contributed by atoms with Gasteiger partial charge in [-0.15, -0.1) is 11.3 Å². The van der Waals surface area contributed by atoms with E-state index in [2.05, 4.69) is 22.2 Å². The third kappa shape index (κ3) is 7.77. The van der Waals surface area contributed by atoms with E-state index in [4.69, 9.17) is 4.74 Å². The molecule has 3 rings (SSSR count). The summed E-state index contributed by atoms with van der Waals surface area (Å²) in [4.78, 5) is 31.8. The van der Waals surface area contributed by atoms with E-state index in [9.17, 15) is 9.59 Å². The summed E-state index contributed by atoms with van der Waals surface area (Å²) >= 11 is 1.53. The number of benzene rings is 2. The second-order valence-corrected chi connectivity index (χ2v) is 9.17. The van der Waals surface area contributed by atoms with E-state index in [-0.39, 0.29) is 11.8 Å². The van der Waals surface area contributed by atoms with Crippen molar-refractivity contribution < 1.29 is 14.3 Å². The number of rotatable bonds is 12. The monoisotopic (exact) mass is 492 g/mol. The van der Waals surface area contributed by atoms with Crippen molar-refractivity contribution in [2.45, 2.75) is 26.4 Å². The molecule has 3 aromatic rings. The Morgan fingerprint density at radius 1 is 1.17 bits per heavy atom. The molecule has 2 amide bonds. The van der Waals surface area contributed by atoms with Gasteiger partial charge in [0.15, 0.2) is 0 Å². The molecule has 2 N–H and O–H groups in total. The number of nitrogens with zero attached hydrogens (tertiary/aromatic N) is 2. The molecule has 0 bridgehead atoms. The zero-order valence-corrected chi connectivity index (χ0v) is 21.3. The second kappa shape index (κ2) is 12.8. The van der Waals surface area contributed by atoms with Gasteiger partial charge in [0.1, 0.15) is 10.8 Å². The molecule has 1 heterocycles. The Morgan fingerprint density at radius 2 is 1.97 bits per heavy atom. The molecule has 0 atom stereocenters. The molecule has 35 heavy (non-hydrogen) atoms. The van der Waals surface area contributed by atoms with E-state index in [1.807, 2.05) is 36.6 Å². The number of carbonyl (C=O) groups is 2. The van der Waals surface area contributed by atoms with Crippen LogP contribution in [0.15, 0.2) is 54.4 Å². The summed E-state index contributed by atoms with van der Waals surface area (Å²) in [7, 11) is 3.39. The smallest absolute Gasteiger partial charge is 0.254 e. The van der Waals surface area contributed by atoms with Crippen LogP contribution >= 0.6 is 11.3 Å². The minimum atomic E-state index is -0.214. The van der Waals surface area contributed by atoms with E-state index in [1.165, 1.54) is 11.3 Å². The molecule has 0 unspecified atom stereocenters. The summed E-state index contributed by atoms with van der Waals surface area (Å²) in [6, 6.07) is 13.0. The van der Waals surface area contributed by atoms with Crippen molar-refractivity contribution in [1.82, 2.24) is 20.5 Å². The third-order valence-corrected chi connectivity index (χ3v) is 6.32. The number of aryl methyl sites for hydroxylation is 1. The maximum absolute atomic E-state index is 13.0. The van der Waals surface area contributed by atoms with Crippen molar-refractivity contribution in [1.29, 1.82) is 0 Å². The normalized spacial score (nSPS) is 10.6. The topological polar surface area (TPSA) is 83.6 Å². The lowest BCUT2D eigenvalue weighted by molar-refractivity contribution is 0.0785. The molecule has 7 nitrogen and oxygen atoms in total. The fourth-order valence-corrected chi connectivity index (χ4v) is 4.35. The molecule has 0 fully saturated rings. The van der Waals surface area contributed by atoms with Crippen molar-refractivity contribution in [3.8, 4) is 5.75 Å². The molecule has 8 heteroatoms. The lowest BCUT2D eigenvalue weighted by atomic mass is 10.0. The van der Waals surface area contributed by atoms with Gasteiger partial charge in [-0.25, -0.2) is 4.98 Å². The van der Waals surface area contributed by atoms with Crippen molar-refractivity contribution in [2.24, 2.45) is 0 Å². The Hall–Kier alpha value is -3.49. The van der Waals surface area contributed by atoms with Gasteiger partial charge < -0.3 is 20.3 Å². The van der Waals surface area contributed by atoms with Crippen LogP contribution in [0.2, 0.25) is 0 Å². The number of amides is 2. The lowest BCUT2D eigenvalue weighted by Crippen LogP contribution is -2.29. The zero-order chi connectivity index (χ0) is 25.2. The molecule has 0 saturated heterocycles. The number of hydrogen-bond donors (Lipinski definition) is 2. The number of methoxy groups -OCH3 is 1. The molecule has 0 saturated carbocycles. The number of thiazole rings is 1. The fourth-order valence-electron chi connectivity index (χ4n) is 3.53. The molecular weight excluding hydrogens is 460 g/mol. The number of aromatic nitrogens is 1. The summed E-state index contributed by atoms with van der Waals surface area (Å²) in [5.74, 6) is 0.451. The number of hydrogen-bond acceptors (Lipinski definition) is 6. The first-order valence-corrected chi connectivity index (χ1v) is 12.3. The quantitative estimate of drug-likeness (QED) is 0.369. The minimum Gasteiger partial charge on any atom is -0.497 e. The van der Waals surface area contributed by atoms with Gasteiger partial charge in [0.25, 0.3) is 11.8 Å². The number of nitrogens with one attached hydrogen (secondary N) is 2. The van der Waals surface area contributed by atoms with Crippen molar-refractivity contribution >= 4 is 29.2 Å². The molecule has 0 spiro atoms. The molecule has 0 radical (unpaired) electrons. The van der Waals surface area contributed by atoms with Gasteiger partial charge in [0.2, 0.25) is 0 Å². The van der Waals surface area contributed by atoms with E-state index in [0.29, 0.717) is 24.2 Å². The summed E-state index contributed by atoms with van der Waals surface area (Å²) in [6.07, 6.45) is 2.42. The predicted molar refractivity (Wildman–Crippen MR) is 141 cm³/mol. The Balaban J connectivity index is 1.51. The summed E-state index contributed by atoms with van der Waals surface area (Å²) in [5.41, 5.74) is 3.69. The standard InChI is InChI=1S/C27H32N4O3S/c1-5-20-12-22(15-23(13-20)27(33)31(3)17-25-30-19(2)18-35-25)26(32)29-11-7-10-28-16-21-8-6-9-24(14-21)34-4/h5-6,8-9,12-15,18,28H,1,7,10-11,16-17H2,2-4H3,(H,29,32). The van der Waals surface area contributed by atoms with Gasteiger partial charge in [0.05, 0.1) is 13.7 Å². The second-order valence-electron chi connectivity index (χ2n) is 8.23. The van der Waals surface area contributed by atoms with Gasteiger partial charge in [-0.3, -0.25) is 9.59 Å². The Kier molecular flexibility index (Phi) is 9.57. The summed E-state index contributed by atoms with van der Waals surface area (Å²) in [6.45, 7) is 8.15. The van der Waals surface area contributed by atoms with Crippen LogP contribution in [-0.4, -0.2) is 48.9 Å². The van der Waals surface area contributed by atoms with Gasteiger partial charge >= 0.3 is 0 Å². The van der Waals surface area contributed by atoms with Crippen LogP contribution in [-0.2, 0) is 13.1 Å². The van der Waals surface area contributed by atoms with Crippen LogP contribution in [0.1, 0.15) is 49.0 Å². The highest BCUT2D eigenvalue weighted by Crippen LogP contribution is 2.17. The largest absolute Gasteiger partial charge is 0.497 e. The van der Waals surface area contributed by atoms with E-state index in [0.717, 1.165) is 47.1 Å². The highest BCUT2D eigenvalue weighted by Gasteiger charge is 2.17. The van der Waals surface area contributed by atoms with Crippen LogP contribution < -0.4 is 15.4 Å². The van der Waals surface area contributed by atoms with Crippen LogP contribution in [0.5, 0.6) is 5.75 Å². The maximum Gasteiger partial charge on any atom is 0.254 e. The summed E-state index contributed by atoms with van der Waals surface area (Å²) < 4.78 is 5.24. The zero-order valence-electron chi connectivity index (χ0n) is 20.5. The van der Waals surface area contributed by atoms with E-state index >= 15 is 0 Å². The lowest BCUT2D eigenvalue weighted by Gasteiger charge is -2.17. The van der Waals surface area contributed by atoms with Gasteiger partial charge in [-0.2, -0.15) is 0 Å². The van der Waals surface area contributed by atoms with Crippen LogP contribution in [0.4, 0.5) is 0 Å². The van der Waals surface area contributed by atoms with E-state index in [1.54, 1.807) is 43.3 Å². The van der Waals surface area contributed by atoms with Crippen LogP contribution in [0.25, 0.3) is 6.08 Å². The Morgan fingerprint density at radius 3 is 2.69 bits per heavy atom. The molecule has 2 aromatic carbocycles. The summed E-state index contributed by atoms with van der Waals surface area (Å²) in [5, 5.41) is 9.14. The van der Waals surface area contributed by atoms with Gasteiger partial charge in [-0.1, -0.05) is 24.8 Å². The maximum atomic E-state index is 13.0. The third-order valence-electron chi connectivity index (χ3n) is 5.37. The highest BCUT2D eigenvalue weighted by atomic mass is 32.1. The molecular formula is C27H32N4O3S. The average molecular weight is 493 g/mol. The van der Waals surface area contributed by atoms with Crippen LogP contribution in [0, 0.1) is 6.92 Å². The molecule has 1 aromatic heterocycles. The molecule has 0 aliphatic carbocycles.